The SMILES string of the molecule is c1ccc2sc(NC3CCN(C4CCCC4)C3)nc2c1. The van der Waals surface area contributed by atoms with Crippen molar-refractivity contribution in [1.29, 1.82) is 0 Å². The molecule has 0 spiro atoms. The third-order valence-electron chi connectivity index (χ3n) is 4.68. The van der Waals surface area contributed by atoms with E-state index in [-0.39, 0.29) is 0 Å². The molecule has 1 saturated carbocycles. The summed E-state index contributed by atoms with van der Waals surface area (Å²) < 4.78 is 1.28. The van der Waals surface area contributed by atoms with E-state index in [9.17, 15) is 0 Å². The van der Waals surface area contributed by atoms with Gasteiger partial charge in [-0.15, -0.1) is 0 Å². The average molecular weight is 287 g/mol. The highest BCUT2D eigenvalue weighted by Crippen LogP contribution is 2.30. The number of likely N-dealkylation sites (tertiary alicyclic amines) is 1. The van der Waals surface area contributed by atoms with E-state index in [1.54, 1.807) is 11.3 Å². The molecule has 1 aliphatic heterocycles. The fraction of sp³-hybridized carbons (Fsp3) is 0.562. The van der Waals surface area contributed by atoms with E-state index in [4.69, 9.17) is 0 Å². The molecule has 0 amide bonds. The maximum absolute atomic E-state index is 4.69. The van der Waals surface area contributed by atoms with Crippen LogP contribution < -0.4 is 5.32 Å². The van der Waals surface area contributed by atoms with Gasteiger partial charge in [-0.2, -0.15) is 0 Å². The lowest BCUT2D eigenvalue weighted by atomic mass is 10.2. The molecule has 3 nitrogen and oxygen atoms in total. The minimum absolute atomic E-state index is 0.580. The number of thiazole rings is 1. The molecule has 1 aromatic carbocycles. The molecule has 1 saturated heterocycles. The second-order valence-corrected chi connectivity index (χ2v) is 7.08. The Bertz CT molecular complexity index is 555. The molecule has 0 radical (unpaired) electrons. The molecular weight excluding hydrogens is 266 g/mol. The van der Waals surface area contributed by atoms with Crippen molar-refractivity contribution in [2.45, 2.75) is 44.2 Å². The van der Waals surface area contributed by atoms with E-state index in [2.05, 4.69) is 39.5 Å². The van der Waals surface area contributed by atoms with Gasteiger partial charge in [-0.3, -0.25) is 4.90 Å². The topological polar surface area (TPSA) is 28.2 Å². The normalized spacial score (nSPS) is 24.7. The molecule has 1 N–H and O–H groups in total. The predicted octanol–water partition coefficient (Wildman–Crippen LogP) is 3.73. The van der Waals surface area contributed by atoms with Gasteiger partial charge in [0.2, 0.25) is 0 Å². The Hall–Kier alpha value is -1.13. The smallest absolute Gasteiger partial charge is 0.184 e. The van der Waals surface area contributed by atoms with Gasteiger partial charge in [0.1, 0.15) is 0 Å². The monoisotopic (exact) mass is 287 g/mol. The lowest BCUT2D eigenvalue weighted by Crippen LogP contribution is -2.33. The number of nitrogens with one attached hydrogen (secondary N) is 1. The van der Waals surface area contributed by atoms with E-state index in [0.717, 1.165) is 16.7 Å². The van der Waals surface area contributed by atoms with Crippen LogP contribution in [0.3, 0.4) is 0 Å². The molecule has 1 atom stereocenters. The summed E-state index contributed by atoms with van der Waals surface area (Å²) in [5, 5.41) is 4.74. The highest BCUT2D eigenvalue weighted by atomic mass is 32.1. The zero-order chi connectivity index (χ0) is 13.4. The number of hydrogen-bond donors (Lipinski definition) is 1. The van der Waals surface area contributed by atoms with Crippen molar-refractivity contribution in [3.8, 4) is 0 Å². The van der Waals surface area contributed by atoms with Crippen LogP contribution in [0.5, 0.6) is 0 Å². The number of benzene rings is 1. The van der Waals surface area contributed by atoms with Crippen LogP contribution in [0, 0.1) is 0 Å². The molecular formula is C16H21N3S. The summed E-state index contributed by atoms with van der Waals surface area (Å²) in [6, 6.07) is 9.83. The van der Waals surface area contributed by atoms with Crippen LogP contribution in [0.15, 0.2) is 24.3 Å². The predicted molar refractivity (Wildman–Crippen MR) is 85.5 cm³/mol. The van der Waals surface area contributed by atoms with E-state index in [0.29, 0.717) is 6.04 Å². The Balaban J connectivity index is 1.42. The van der Waals surface area contributed by atoms with Crippen molar-refractivity contribution in [2.75, 3.05) is 18.4 Å². The Morgan fingerprint density at radius 3 is 2.85 bits per heavy atom. The summed E-state index contributed by atoms with van der Waals surface area (Å²) in [6.07, 6.45) is 6.93. The van der Waals surface area contributed by atoms with Gasteiger partial charge in [0.25, 0.3) is 0 Å². The quantitative estimate of drug-likeness (QED) is 0.932. The van der Waals surface area contributed by atoms with Gasteiger partial charge in [0.05, 0.1) is 10.2 Å². The first-order valence-corrected chi connectivity index (χ1v) is 8.56. The first-order valence-electron chi connectivity index (χ1n) is 7.75. The molecule has 1 aliphatic carbocycles. The van der Waals surface area contributed by atoms with Crippen LogP contribution in [0.25, 0.3) is 10.2 Å². The number of para-hydroxylation sites is 1. The molecule has 106 valence electrons. The third-order valence-corrected chi connectivity index (χ3v) is 5.65. The minimum Gasteiger partial charge on any atom is -0.357 e. The van der Waals surface area contributed by atoms with Crippen LogP contribution >= 0.6 is 11.3 Å². The molecule has 2 aromatic rings. The molecule has 1 aromatic heterocycles. The second kappa shape index (κ2) is 5.34. The summed E-state index contributed by atoms with van der Waals surface area (Å²) in [6.45, 7) is 2.45. The van der Waals surface area contributed by atoms with E-state index >= 15 is 0 Å². The van der Waals surface area contributed by atoms with Crippen LogP contribution in [0.2, 0.25) is 0 Å². The molecule has 4 rings (SSSR count). The lowest BCUT2D eigenvalue weighted by Gasteiger charge is -2.23. The van der Waals surface area contributed by atoms with Crippen LogP contribution in [0.1, 0.15) is 32.1 Å². The number of fused-ring (bicyclic) bond motifs is 1. The standard InChI is InChI=1S/C16H21N3S/c1-2-6-13(5-1)19-10-9-12(11-19)17-16-18-14-7-3-4-8-15(14)20-16/h3-4,7-8,12-13H,1-2,5-6,9-11H2,(H,17,18). The van der Waals surface area contributed by atoms with Crippen molar-refractivity contribution in [2.24, 2.45) is 0 Å². The second-order valence-electron chi connectivity index (χ2n) is 6.05. The maximum Gasteiger partial charge on any atom is 0.184 e. The highest BCUT2D eigenvalue weighted by Gasteiger charge is 2.30. The molecule has 2 aliphatic rings. The summed E-state index contributed by atoms with van der Waals surface area (Å²) in [5.41, 5.74) is 1.12. The molecule has 2 fully saturated rings. The van der Waals surface area contributed by atoms with Crippen molar-refractivity contribution < 1.29 is 0 Å². The van der Waals surface area contributed by atoms with Gasteiger partial charge < -0.3 is 5.32 Å². The van der Waals surface area contributed by atoms with Gasteiger partial charge in [0.15, 0.2) is 5.13 Å². The Kier molecular flexibility index (Phi) is 3.36. The summed E-state index contributed by atoms with van der Waals surface area (Å²) in [4.78, 5) is 7.38. The summed E-state index contributed by atoms with van der Waals surface area (Å²) >= 11 is 1.78. The first-order chi connectivity index (χ1) is 9.88. The van der Waals surface area contributed by atoms with Crippen LogP contribution in [-0.4, -0.2) is 35.1 Å². The maximum atomic E-state index is 4.69. The van der Waals surface area contributed by atoms with Crippen molar-refractivity contribution in [1.82, 2.24) is 9.88 Å². The zero-order valence-electron chi connectivity index (χ0n) is 11.7. The lowest BCUT2D eigenvalue weighted by molar-refractivity contribution is 0.245. The Morgan fingerprint density at radius 1 is 1.15 bits per heavy atom. The van der Waals surface area contributed by atoms with Crippen LogP contribution in [-0.2, 0) is 0 Å². The molecule has 1 unspecified atom stereocenters. The van der Waals surface area contributed by atoms with Crippen molar-refractivity contribution in [3.63, 3.8) is 0 Å². The fourth-order valence-corrected chi connectivity index (χ4v) is 4.56. The average Bonchev–Trinajstić information content (AvgIpc) is 3.18. The van der Waals surface area contributed by atoms with Gasteiger partial charge in [-0.05, 0) is 31.4 Å². The largest absolute Gasteiger partial charge is 0.357 e. The van der Waals surface area contributed by atoms with Crippen LogP contribution in [0.4, 0.5) is 5.13 Å². The van der Waals surface area contributed by atoms with E-state index in [1.165, 1.54) is 49.9 Å². The number of anilines is 1. The van der Waals surface area contributed by atoms with Crippen molar-refractivity contribution >= 4 is 26.7 Å². The highest BCUT2D eigenvalue weighted by molar-refractivity contribution is 7.22. The summed E-state index contributed by atoms with van der Waals surface area (Å²) in [5.74, 6) is 0. The number of hydrogen-bond acceptors (Lipinski definition) is 4. The first kappa shape index (κ1) is 12.6. The number of aromatic nitrogens is 1. The molecule has 4 heteroatoms. The summed E-state index contributed by atoms with van der Waals surface area (Å²) in [7, 11) is 0. The fourth-order valence-electron chi connectivity index (χ4n) is 3.61. The Labute approximate surface area is 124 Å². The van der Waals surface area contributed by atoms with Gasteiger partial charge in [-0.25, -0.2) is 4.98 Å². The van der Waals surface area contributed by atoms with E-state index < -0.39 is 0 Å². The zero-order valence-corrected chi connectivity index (χ0v) is 12.5. The van der Waals surface area contributed by atoms with E-state index in [1.807, 2.05) is 0 Å². The van der Waals surface area contributed by atoms with Gasteiger partial charge >= 0.3 is 0 Å². The Morgan fingerprint density at radius 2 is 2.00 bits per heavy atom. The van der Waals surface area contributed by atoms with Gasteiger partial charge in [0, 0.05) is 25.2 Å². The number of nitrogens with zero attached hydrogens (tertiary/aromatic N) is 2. The third kappa shape index (κ3) is 2.42. The molecule has 0 bridgehead atoms. The number of rotatable bonds is 3. The minimum atomic E-state index is 0.580. The molecule has 20 heavy (non-hydrogen) atoms. The van der Waals surface area contributed by atoms with Crippen molar-refractivity contribution in [3.05, 3.63) is 24.3 Å². The van der Waals surface area contributed by atoms with Gasteiger partial charge in [-0.1, -0.05) is 36.3 Å². The molecule has 2 heterocycles.